The molecule has 5 heteroatoms. The highest BCUT2D eigenvalue weighted by atomic mass is 17.1. The molecule has 1 N–H and O–H groups in total. The second kappa shape index (κ2) is 15.4. The number of carbonyl (C=O) groups excluding carboxylic acids is 1. The van der Waals surface area contributed by atoms with Gasteiger partial charge in [0.2, 0.25) is 0 Å². The summed E-state index contributed by atoms with van der Waals surface area (Å²) in [4.78, 5) is 15.1. The third kappa shape index (κ3) is 13.0. The maximum atomic E-state index is 11.3. The van der Waals surface area contributed by atoms with Gasteiger partial charge in [0.05, 0.1) is 12.2 Å². The monoisotopic (exact) mass is 356 g/mol. The molecule has 5 nitrogen and oxygen atoms in total. The predicted octanol–water partition coefficient (Wildman–Crippen LogP) is 5.04. The van der Waals surface area contributed by atoms with Gasteiger partial charge in [-0.05, 0) is 32.1 Å². The van der Waals surface area contributed by atoms with Crippen LogP contribution in [0.2, 0.25) is 0 Å². The van der Waals surface area contributed by atoms with Crippen molar-refractivity contribution >= 4 is 5.97 Å². The van der Waals surface area contributed by atoms with Crippen LogP contribution in [0.4, 0.5) is 0 Å². The van der Waals surface area contributed by atoms with Gasteiger partial charge in [-0.1, -0.05) is 57.6 Å². The molecule has 0 aliphatic carbocycles. The lowest BCUT2D eigenvalue weighted by molar-refractivity contribution is -0.248. The largest absolute Gasteiger partial charge is 0.463 e. The van der Waals surface area contributed by atoms with Gasteiger partial charge in [-0.15, -0.1) is 0 Å². The number of hydrogen-bond donors (Lipinski definition) is 1. The SMILES string of the molecule is CCCCC[C@H]1O[C@H]1C/C=C\CCCCCCCC(=O)OCCOO. The van der Waals surface area contributed by atoms with Crippen LogP contribution in [-0.4, -0.2) is 36.6 Å². The van der Waals surface area contributed by atoms with Crippen molar-refractivity contribution in [2.45, 2.75) is 96.2 Å². The first-order valence-electron chi connectivity index (χ1n) is 10.00. The third-order valence-corrected chi connectivity index (χ3v) is 4.50. The number of esters is 1. The summed E-state index contributed by atoms with van der Waals surface area (Å²) in [7, 11) is 0. The zero-order valence-corrected chi connectivity index (χ0v) is 15.8. The Hall–Kier alpha value is -0.910. The Morgan fingerprint density at radius 2 is 1.80 bits per heavy atom. The smallest absolute Gasteiger partial charge is 0.305 e. The molecule has 25 heavy (non-hydrogen) atoms. The lowest BCUT2D eigenvalue weighted by Crippen LogP contribution is -2.09. The Balaban J connectivity index is 1.79. The van der Waals surface area contributed by atoms with Crippen LogP contribution in [0.3, 0.4) is 0 Å². The second-order valence-corrected chi connectivity index (χ2v) is 6.78. The molecule has 0 spiro atoms. The average molecular weight is 357 g/mol. The Kier molecular flexibility index (Phi) is 13.6. The molecule has 1 rings (SSSR count). The minimum absolute atomic E-state index is 0.0334. The molecule has 1 heterocycles. The maximum absolute atomic E-state index is 11.3. The van der Waals surface area contributed by atoms with E-state index < -0.39 is 0 Å². The van der Waals surface area contributed by atoms with Crippen molar-refractivity contribution in [1.82, 2.24) is 0 Å². The Morgan fingerprint density at radius 1 is 1.00 bits per heavy atom. The number of carbonyl (C=O) groups is 1. The topological polar surface area (TPSA) is 68.3 Å². The van der Waals surface area contributed by atoms with Crippen molar-refractivity contribution in [3.8, 4) is 0 Å². The molecule has 1 aliphatic rings. The van der Waals surface area contributed by atoms with Crippen molar-refractivity contribution in [3.63, 3.8) is 0 Å². The van der Waals surface area contributed by atoms with Gasteiger partial charge in [-0.2, -0.15) is 0 Å². The molecule has 1 fully saturated rings. The number of hydrogen-bond acceptors (Lipinski definition) is 5. The first-order valence-corrected chi connectivity index (χ1v) is 10.00. The number of allylic oxidation sites excluding steroid dienone is 1. The quantitative estimate of drug-likeness (QED) is 0.0987. The number of unbranched alkanes of at least 4 members (excludes halogenated alkanes) is 7. The van der Waals surface area contributed by atoms with Gasteiger partial charge in [0.1, 0.15) is 13.2 Å². The summed E-state index contributed by atoms with van der Waals surface area (Å²) in [5.41, 5.74) is 0. The van der Waals surface area contributed by atoms with Crippen LogP contribution < -0.4 is 0 Å². The molecule has 2 atom stereocenters. The van der Waals surface area contributed by atoms with E-state index in [4.69, 9.17) is 14.7 Å². The summed E-state index contributed by atoms with van der Waals surface area (Å²) in [5.74, 6) is -0.213. The Labute approximate surface area is 152 Å². The van der Waals surface area contributed by atoms with Gasteiger partial charge in [-0.3, -0.25) is 10.1 Å². The highest BCUT2D eigenvalue weighted by Gasteiger charge is 2.36. The highest BCUT2D eigenvalue weighted by molar-refractivity contribution is 5.69. The fraction of sp³-hybridized carbons (Fsp3) is 0.850. The molecule has 0 saturated carbocycles. The summed E-state index contributed by atoms with van der Waals surface area (Å²) < 4.78 is 10.5. The fourth-order valence-electron chi connectivity index (χ4n) is 2.91. The maximum Gasteiger partial charge on any atom is 0.305 e. The molecule has 0 aromatic rings. The Bertz CT molecular complexity index is 356. The van der Waals surface area contributed by atoms with Crippen LogP contribution in [0.15, 0.2) is 12.2 Å². The van der Waals surface area contributed by atoms with Gasteiger partial charge < -0.3 is 9.47 Å². The summed E-state index contributed by atoms with van der Waals surface area (Å²) in [6.45, 7) is 2.39. The molecule has 0 aromatic carbocycles. The van der Waals surface area contributed by atoms with Gasteiger partial charge in [0.25, 0.3) is 0 Å². The van der Waals surface area contributed by atoms with Crippen molar-refractivity contribution < 1.29 is 24.4 Å². The van der Waals surface area contributed by atoms with Crippen molar-refractivity contribution in [2.75, 3.05) is 13.2 Å². The summed E-state index contributed by atoms with van der Waals surface area (Å²) in [5, 5.41) is 8.11. The van der Waals surface area contributed by atoms with Gasteiger partial charge in [0, 0.05) is 6.42 Å². The minimum atomic E-state index is -0.213. The van der Waals surface area contributed by atoms with E-state index in [0.717, 1.165) is 32.1 Å². The van der Waals surface area contributed by atoms with E-state index in [1.165, 1.54) is 38.5 Å². The normalized spacial score (nSPS) is 19.4. The van der Waals surface area contributed by atoms with Crippen molar-refractivity contribution in [2.24, 2.45) is 0 Å². The Morgan fingerprint density at radius 3 is 2.60 bits per heavy atom. The molecule has 1 aliphatic heterocycles. The molecular weight excluding hydrogens is 320 g/mol. The summed E-state index contributed by atoms with van der Waals surface area (Å²) >= 11 is 0. The van der Waals surface area contributed by atoms with E-state index in [2.05, 4.69) is 24.0 Å². The van der Waals surface area contributed by atoms with Crippen LogP contribution >= 0.6 is 0 Å². The fourth-order valence-corrected chi connectivity index (χ4v) is 2.91. The molecule has 1 saturated heterocycles. The van der Waals surface area contributed by atoms with Crippen molar-refractivity contribution in [1.29, 1.82) is 0 Å². The number of epoxide rings is 1. The van der Waals surface area contributed by atoms with E-state index in [1.807, 2.05) is 0 Å². The number of rotatable bonds is 17. The van der Waals surface area contributed by atoms with Crippen molar-refractivity contribution in [3.05, 3.63) is 12.2 Å². The third-order valence-electron chi connectivity index (χ3n) is 4.50. The zero-order chi connectivity index (χ0) is 18.2. The molecule has 0 bridgehead atoms. The molecule has 0 aromatic heterocycles. The average Bonchev–Trinajstić information content (AvgIpc) is 3.35. The van der Waals surface area contributed by atoms with Gasteiger partial charge in [-0.25, -0.2) is 4.89 Å². The van der Waals surface area contributed by atoms with Gasteiger partial charge in [0.15, 0.2) is 0 Å². The van der Waals surface area contributed by atoms with E-state index >= 15 is 0 Å². The van der Waals surface area contributed by atoms with E-state index in [9.17, 15) is 4.79 Å². The van der Waals surface area contributed by atoms with Crippen LogP contribution in [0.1, 0.15) is 84.0 Å². The summed E-state index contributed by atoms with van der Waals surface area (Å²) in [6, 6.07) is 0. The standard InChI is InChI=1S/C20H36O5/c1-2-3-10-13-18-19(25-18)14-11-8-6-4-5-7-9-12-15-20(21)23-16-17-24-22/h8,11,18-19,22H,2-7,9-10,12-17H2,1H3/b11-8-/t18-,19+/m1/s1. The lowest BCUT2D eigenvalue weighted by atomic mass is 10.1. The molecule has 0 radical (unpaired) electrons. The van der Waals surface area contributed by atoms with Crippen LogP contribution in [-0.2, 0) is 19.2 Å². The van der Waals surface area contributed by atoms with E-state index in [-0.39, 0.29) is 19.2 Å². The second-order valence-electron chi connectivity index (χ2n) is 6.78. The van der Waals surface area contributed by atoms with Crippen LogP contribution in [0, 0.1) is 0 Å². The number of ether oxygens (including phenoxy) is 2. The molecule has 146 valence electrons. The molecule has 0 amide bonds. The van der Waals surface area contributed by atoms with Crippen LogP contribution in [0.5, 0.6) is 0 Å². The highest BCUT2D eigenvalue weighted by Crippen LogP contribution is 2.30. The van der Waals surface area contributed by atoms with E-state index in [1.54, 1.807) is 0 Å². The molecule has 0 unspecified atom stereocenters. The van der Waals surface area contributed by atoms with E-state index in [0.29, 0.717) is 18.6 Å². The summed E-state index contributed by atoms with van der Waals surface area (Å²) in [6.07, 6.45) is 18.9. The minimum Gasteiger partial charge on any atom is -0.463 e. The predicted molar refractivity (Wildman–Crippen MR) is 98.4 cm³/mol. The molecular formula is C20H36O5. The lowest BCUT2D eigenvalue weighted by Gasteiger charge is -2.03. The first-order chi connectivity index (χ1) is 12.3. The van der Waals surface area contributed by atoms with Crippen LogP contribution in [0.25, 0.3) is 0 Å². The zero-order valence-electron chi connectivity index (χ0n) is 15.8. The first kappa shape index (κ1) is 22.1. The van der Waals surface area contributed by atoms with Gasteiger partial charge >= 0.3 is 5.97 Å².